The van der Waals surface area contributed by atoms with Gasteiger partial charge in [0.25, 0.3) is 0 Å². The van der Waals surface area contributed by atoms with Crippen LogP contribution in [-0.2, 0) is 13.0 Å². The number of piperazine rings is 1. The van der Waals surface area contributed by atoms with Crippen molar-refractivity contribution in [2.45, 2.75) is 13.0 Å². The molecule has 1 N–H and O–H groups in total. The molecule has 0 aromatic carbocycles. The van der Waals surface area contributed by atoms with Gasteiger partial charge >= 0.3 is 0 Å². The molecule has 2 heterocycles. The Morgan fingerprint density at radius 2 is 2.11 bits per heavy atom. The summed E-state index contributed by atoms with van der Waals surface area (Å²) in [4.78, 5) is 4.85. The fourth-order valence-electron chi connectivity index (χ4n) is 2.19. The molecule has 0 aliphatic carbocycles. The van der Waals surface area contributed by atoms with Gasteiger partial charge in [0.15, 0.2) is 4.77 Å². The van der Waals surface area contributed by atoms with Gasteiger partial charge in [-0.1, -0.05) is 6.08 Å². The molecular formula is C12H21N5S. The second kappa shape index (κ2) is 6.26. The molecule has 0 saturated carbocycles. The first-order chi connectivity index (χ1) is 8.70. The van der Waals surface area contributed by atoms with Gasteiger partial charge in [0.05, 0.1) is 0 Å². The summed E-state index contributed by atoms with van der Waals surface area (Å²) in [5, 5.41) is 7.15. The molecule has 100 valence electrons. The van der Waals surface area contributed by atoms with E-state index in [0.29, 0.717) is 4.77 Å². The highest BCUT2D eigenvalue weighted by atomic mass is 32.1. The summed E-state index contributed by atoms with van der Waals surface area (Å²) in [6, 6.07) is 0. The van der Waals surface area contributed by atoms with Crippen molar-refractivity contribution in [3.05, 3.63) is 23.3 Å². The van der Waals surface area contributed by atoms with Crippen LogP contribution in [0, 0.1) is 4.77 Å². The van der Waals surface area contributed by atoms with E-state index in [1.165, 1.54) is 0 Å². The molecule has 0 amide bonds. The van der Waals surface area contributed by atoms with Gasteiger partial charge in [-0.15, -0.1) is 6.58 Å². The van der Waals surface area contributed by atoms with E-state index in [1.807, 2.05) is 10.6 Å². The Morgan fingerprint density at radius 3 is 2.78 bits per heavy atom. The average molecular weight is 267 g/mol. The molecule has 0 bridgehead atoms. The highest BCUT2D eigenvalue weighted by Crippen LogP contribution is 2.04. The number of aromatic amines is 1. The molecule has 1 saturated heterocycles. The summed E-state index contributed by atoms with van der Waals surface area (Å²) in [6.07, 6.45) is 2.79. The predicted molar refractivity (Wildman–Crippen MR) is 75.2 cm³/mol. The number of likely N-dealkylation sites (N-methyl/N-ethyl adjacent to an activating group) is 1. The number of hydrogen-bond acceptors (Lipinski definition) is 4. The van der Waals surface area contributed by atoms with Gasteiger partial charge in [0.2, 0.25) is 0 Å². The van der Waals surface area contributed by atoms with Crippen LogP contribution in [0.2, 0.25) is 0 Å². The third-order valence-electron chi connectivity index (χ3n) is 3.40. The molecule has 0 spiro atoms. The van der Waals surface area contributed by atoms with Gasteiger partial charge in [-0.05, 0) is 19.3 Å². The Kier molecular flexibility index (Phi) is 4.68. The maximum Gasteiger partial charge on any atom is 0.195 e. The van der Waals surface area contributed by atoms with E-state index in [0.717, 1.165) is 51.5 Å². The zero-order valence-corrected chi connectivity index (χ0v) is 11.7. The fourth-order valence-corrected chi connectivity index (χ4v) is 2.41. The van der Waals surface area contributed by atoms with Crippen molar-refractivity contribution in [2.75, 3.05) is 39.8 Å². The van der Waals surface area contributed by atoms with Crippen LogP contribution in [0.15, 0.2) is 12.7 Å². The number of nitrogens with one attached hydrogen (secondary N) is 1. The number of hydrogen-bond donors (Lipinski definition) is 1. The molecule has 1 fully saturated rings. The Labute approximate surface area is 113 Å². The third kappa shape index (κ3) is 3.28. The molecule has 1 aliphatic heterocycles. The van der Waals surface area contributed by atoms with Crippen molar-refractivity contribution in [3.8, 4) is 0 Å². The lowest BCUT2D eigenvalue weighted by molar-refractivity contribution is 0.154. The van der Waals surface area contributed by atoms with Gasteiger partial charge < -0.3 is 14.4 Å². The molecule has 5 nitrogen and oxygen atoms in total. The number of nitrogens with zero attached hydrogens (tertiary/aromatic N) is 4. The second-order valence-electron chi connectivity index (χ2n) is 4.74. The smallest absolute Gasteiger partial charge is 0.195 e. The summed E-state index contributed by atoms with van der Waals surface area (Å²) in [6.45, 7) is 10.1. The molecule has 6 heteroatoms. The first kappa shape index (κ1) is 13.5. The maximum atomic E-state index is 5.20. The van der Waals surface area contributed by atoms with Gasteiger partial charge in [-0.2, -0.15) is 5.10 Å². The van der Waals surface area contributed by atoms with E-state index in [9.17, 15) is 0 Å². The zero-order chi connectivity index (χ0) is 13.0. The standard InChI is InChI=1S/C12H21N5S/c1-3-5-17-11(13-14-12(17)18)4-6-16-9-7-15(2)8-10-16/h3H,1,4-10H2,2H3,(H,14,18). The maximum absolute atomic E-state index is 5.20. The predicted octanol–water partition coefficient (Wildman–Crippen LogP) is 0.917. The van der Waals surface area contributed by atoms with Crippen LogP contribution in [-0.4, -0.2) is 64.3 Å². The SMILES string of the molecule is C=CCn1c(CCN2CCN(C)CC2)n[nH]c1=S. The topological polar surface area (TPSA) is 40.1 Å². The second-order valence-corrected chi connectivity index (χ2v) is 5.13. The summed E-state index contributed by atoms with van der Waals surface area (Å²) in [7, 11) is 2.17. The minimum atomic E-state index is 0.684. The minimum absolute atomic E-state index is 0.684. The third-order valence-corrected chi connectivity index (χ3v) is 3.71. The van der Waals surface area contributed by atoms with Gasteiger partial charge in [-0.25, -0.2) is 0 Å². The highest BCUT2D eigenvalue weighted by molar-refractivity contribution is 7.71. The van der Waals surface area contributed by atoms with Crippen molar-refractivity contribution < 1.29 is 0 Å². The van der Waals surface area contributed by atoms with Crippen molar-refractivity contribution in [3.63, 3.8) is 0 Å². The molecular weight excluding hydrogens is 246 g/mol. The summed E-state index contributed by atoms with van der Waals surface area (Å²) >= 11 is 5.20. The van der Waals surface area contributed by atoms with Crippen molar-refractivity contribution in [2.24, 2.45) is 0 Å². The number of allylic oxidation sites excluding steroid dienone is 1. The van der Waals surface area contributed by atoms with Gasteiger partial charge in [0, 0.05) is 45.7 Å². The molecule has 0 radical (unpaired) electrons. The molecule has 1 aliphatic rings. The van der Waals surface area contributed by atoms with Gasteiger partial charge in [-0.3, -0.25) is 5.10 Å². The molecule has 2 rings (SSSR count). The summed E-state index contributed by atoms with van der Waals surface area (Å²) < 4.78 is 2.70. The van der Waals surface area contributed by atoms with Crippen LogP contribution in [0.1, 0.15) is 5.82 Å². The van der Waals surface area contributed by atoms with Crippen LogP contribution in [0.4, 0.5) is 0 Å². The Hall–Kier alpha value is -0.980. The van der Waals surface area contributed by atoms with Crippen LogP contribution >= 0.6 is 12.2 Å². The largest absolute Gasteiger partial charge is 0.304 e. The van der Waals surface area contributed by atoms with E-state index in [1.54, 1.807) is 0 Å². The van der Waals surface area contributed by atoms with E-state index in [2.05, 4.69) is 33.6 Å². The van der Waals surface area contributed by atoms with Crippen LogP contribution in [0.3, 0.4) is 0 Å². The Balaban J connectivity index is 1.90. The van der Waals surface area contributed by atoms with E-state index >= 15 is 0 Å². The molecule has 0 atom stereocenters. The fraction of sp³-hybridized carbons (Fsp3) is 0.667. The quantitative estimate of drug-likeness (QED) is 0.636. The lowest BCUT2D eigenvalue weighted by Crippen LogP contribution is -2.45. The lowest BCUT2D eigenvalue weighted by Gasteiger charge is -2.32. The Bertz CT molecular complexity index is 442. The molecule has 1 aromatic rings. The van der Waals surface area contributed by atoms with E-state index < -0.39 is 0 Å². The number of H-pyrrole nitrogens is 1. The van der Waals surface area contributed by atoms with Crippen LogP contribution in [0.5, 0.6) is 0 Å². The summed E-state index contributed by atoms with van der Waals surface area (Å²) in [5.41, 5.74) is 0. The first-order valence-electron chi connectivity index (χ1n) is 6.36. The van der Waals surface area contributed by atoms with Crippen molar-refractivity contribution >= 4 is 12.2 Å². The normalized spacial score (nSPS) is 18.1. The van der Waals surface area contributed by atoms with E-state index in [4.69, 9.17) is 12.2 Å². The monoisotopic (exact) mass is 267 g/mol. The van der Waals surface area contributed by atoms with Crippen molar-refractivity contribution in [1.29, 1.82) is 0 Å². The Morgan fingerprint density at radius 1 is 1.39 bits per heavy atom. The van der Waals surface area contributed by atoms with E-state index in [-0.39, 0.29) is 0 Å². The number of rotatable bonds is 5. The number of aromatic nitrogens is 3. The average Bonchev–Trinajstić information content (AvgIpc) is 2.71. The zero-order valence-electron chi connectivity index (χ0n) is 10.9. The van der Waals surface area contributed by atoms with Crippen LogP contribution < -0.4 is 0 Å². The summed E-state index contributed by atoms with van der Waals surface area (Å²) in [5.74, 6) is 1.03. The minimum Gasteiger partial charge on any atom is -0.304 e. The van der Waals surface area contributed by atoms with Crippen LogP contribution in [0.25, 0.3) is 0 Å². The molecule has 18 heavy (non-hydrogen) atoms. The molecule has 0 unspecified atom stereocenters. The lowest BCUT2D eigenvalue weighted by atomic mass is 10.3. The van der Waals surface area contributed by atoms with Gasteiger partial charge in [0.1, 0.15) is 5.82 Å². The highest BCUT2D eigenvalue weighted by Gasteiger charge is 2.14. The first-order valence-corrected chi connectivity index (χ1v) is 6.77. The molecule has 1 aromatic heterocycles. The van der Waals surface area contributed by atoms with Crippen molar-refractivity contribution in [1.82, 2.24) is 24.6 Å².